The lowest BCUT2D eigenvalue weighted by Gasteiger charge is -1.98. The monoisotopic (exact) mass is 244 g/mol. The number of benzene rings is 1. The van der Waals surface area contributed by atoms with E-state index in [-0.39, 0.29) is 0 Å². The normalized spacial score (nSPS) is 9.38. The van der Waals surface area contributed by atoms with Crippen molar-refractivity contribution in [1.82, 2.24) is 10.2 Å². The Labute approximate surface area is 100 Å². The second kappa shape index (κ2) is 4.75. The van der Waals surface area contributed by atoms with E-state index in [1.165, 1.54) is 23.1 Å². The fourth-order valence-electron chi connectivity index (χ4n) is 1.09. The van der Waals surface area contributed by atoms with E-state index < -0.39 is 0 Å². The molecule has 0 unspecified atom stereocenters. The molecule has 0 aliphatic rings. The van der Waals surface area contributed by atoms with E-state index >= 15 is 0 Å². The number of nitrogens with zero attached hydrogens (tertiary/aromatic N) is 4. The van der Waals surface area contributed by atoms with E-state index in [0.29, 0.717) is 11.1 Å². The predicted molar refractivity (Wildman–Crippen MR) is 59.9 cm³/mol. The molecule has 0 fully saturated rings. The zero-order chi connectivity index (χ0) is 11.4. The van der Waals surface area contributed by atoms with Crippen LogP contribution in [0.15, 0.2) is 32.9 Å². The zero-order valence-corrected chi connectivity index (χ0v) is 9.55. The Bertz CT molecular complexity index is 578. The highest BCUT2D eigenvalue weighted by atomic mass is 32.2. The van der Waals surface area contributed by atoms with Crippen molar-refractivity contribution in [3.63, 3.8) is 0 Å². The lowest BCUT2D eigenvalue weighted by molar-refractivity contribution is 1.01. The minimum absolute atomic E-state index is 0.386. The third-order valence-electron chi connectivity index (χ3n) is 1.78. The fraction of sp³-hybridized carbons (Fsp3) is 0. The largest absolute Gasteiger partial charge is 0.192 e. The number of nitriles is 2. The molecule has 0 amide bonds. The quantitative estimate of drug-likeness (QED) is 0.811. The molecule has 4 nitrogen and oxygen atoms in total. The van der Waals surface area contributed by atoms with Crippen molar-refractivity contribution in [3.8, 4) is 12.1 Å². The minimum atomic E-state index is 0.386. The van der Waals surface area contributed by atoms with Crippen molar-refractivity contribution in [3.05, 3.63) is 34.8 Å². The SMILES string of the molecule is N#Cc1ccc(Sc2nncs2)cc1C#N. The summed E-state index contributed by atoms with van der Waals surface area (Å²) < 4.78 is 0.814. The molecule has 0 saturated heterocycles. The van der Waals surface area contributed by atoms with Crippen molar-refractivity contribution in [1.29, 1.82) is 10.5 Å². The van der Waals surface area contributed by atoms with Crippen molar-refractivity contribution in [2.75, 3.05) is 0 Å². The zero-order valence-electron chi connectivity index (χ0n) is 7.91. The van der Waals surface area contributed by atoms with Crippen LogP contribution in [0.2, 0.25) is 0 Å². The fourth-order valence-corrected chi connectivity index (χ4v) is 2.58. The third-order valence-corrected chi connectivity index (χ3v) is 3.54. The molecule has 76 valence electrons. The van der Waals surface area contributed by atoms with E-state index in [1.54, 1.807) is 23.7 Å². The number of aromatic nitrogens is 2. The predicted octanol–water partition coefficient (Wildman–Crippen LogP) is 2.43. The van der Waals surface area contributed by atoms with Gasteiger partial charge in [-0.15, -0.1) is 10.2 Å². The molecule has 0 bridgehead atoms. The molecule has 0 N–H and O–H groups in total. The van der Waals surface area contributed by atoms with Crippen LogP contribution in [-0.2, 0) is 0 Å². The van der Waals surface area contributed by atoms with Crippen molar-refractivity contribution in [2.24, 2.45) is 0 Å². The molecule has 0 radical (unpaired) electrons. The first-order valence-electron chi connectivity index (χ1n) is 4.22. The summed E-state index contributed by atoms with van der Waals surface area (Å²) in [6, 6.07) is 9.10. The molecule has 0 saturated carbocycles. The lowest BCUT2D eigenvalue weighted by atomic mass is 10.1. The topological polar surface area (TPSA) is 73.4 Å². The Balaban J connectivity index is 2.31. The molecular weight excluding hydrogens is 240 g/mol. The lowest BCUT2D eigenvalue weighted by Crippen LogP contribution is -1.84. The molecule has 1 heterocycles. The summed E-state index contributed by atoms with van der Waals surface area (Å²) in [5, 5.41) is 25.3. The van der Waals surface area contributed by atoms with Crippen LogP contribution in [0.1, 0.15) is 11.1 Å². The van der Waals surface area contributed by atoms with Crippen molar-refractivity contribution < 1.29 is 0 Å². The highest BCUT2D eigenvalue weighted by Crippen LogP contribution is 2.29. The van der Waals surface area contributed by atoms with Gasteiger partial charge in [-0.25, -0.2) is 0 Å². The van der Waals surface area contributed by atoms with E-state index in [2.05, 4.69) is 10.2 Å². The maximum absolute atomic E-state index is 8.86. The van der Waals surface area contributed by atoms with Gasteiger partial charge in [0.05, 0.1) is 11.1 Å². The van der Waals surface area contributed by atoms with Gasteiger partial charge < -0.3 is 0 Å². The molecule has 0 aliphatic carbocycles. The number of rotatable bonds is 2. The Morgan fingerprint density at radius 3 is 2.62 bits per heavy atom. The first-order chi connectivity index (χ1) is 7.83. The van der Waals surface area contributed by atoms with Gasteiger partial charge in [0.2, 0.25) is 0 Å². The minimum Gasteiger partial charge on any atom is -0.192 e. The molecule has 2 rings (SSSR count). The third kappa shape index (κ3) is 2.19. The molecule has 0 atom stereocenters. The van der Waals surface area contributed by atoms with Gasteiger partial charge >= 0.3 is 0 Å². The van der Waals surface area contributed by atoms with E-state index in [4.69, 9.17) is 10.5 Å². The van der Waals surface area contributed by atoms with Crippen molar-refractivity contribution in [2.45, 2.75) is 9.24 Å². The molecule has 1 aromatic heterocycles. The first kappa shape index (κ1) is 10.6. The van der Waals surface area contributed by atoms with Gasteiger partial charge in [-0.05, 0) is 18.2 Å². The van der Waals surface area contributed by atoms with Gasteiger partial charge in [0.1, 0.15) is 17.6 Å². The molecule has 0 spiro atoms. The Hall–Kier alpha value is -1.89. The van der Waals surface area contributed by atoms with Gasteiger partial charge in [0.15, 0.2) is 4.34 Å². The van der Waals surface area contributed by atoms with Gasteiger partial charge in [-0.3, -0.25) is 0 Å². The summed E-state index contributed by atoms with van der Waals surface area (Å²) in [6.07, 6.45) is 0. The summed E-state index contributed by atoms with van der Waals surface area (Å²) in [5.41, 5.74) is 2.43. The molecular formula is C10H4N4S2. The van der Waals surface area contributed by atoms with Crippen LogP contribution < -0.4 is 0 Å². The first-order valence-corrected chi connectivity index (χ1v) is 5.91. The average Bonchev–Trinajstić information content (AvgIpc) is 2.81. The molecule has 6 heteroatoms. The maximum Gasteiger partial charge on any atom is 0.178 e. The highest BCUT2D eigenvalue weighted by molar-refractivity contribution is 8.01. The Morgan fingerprint density at radius 2 is 2.00 bits per heavy atom. The molecule has 2 aromatic rings. The Morgan fingerprint density at radius 1 is 1.19 bits per heavy atom. The summed E-state index contributed by atoms with van der Waals surface area (Å²) in [4.78, 5) is 0.882. The number of hydrogen-bond donors (Lipinski definition) is 0. The highest BCUT2D eigenvalue weighted by Gasteiger charge is 2.05. The van der Waals surface area contributed by atoms with Crippen LogP contribution in [0, 0.1) is 22.7 Å². The second-order valence-electron chi connectivity index (χ2n) is 2.74. The smallest absolute Gasteiger partial charge is 0.178 e. The molecule has 0 aliphatic heterocycles. The van der Waals surface area contributed by atoms with E-state index in [9.17, 15) is 0 Å². The number of hydrogen-bond acceptors (Lipinski definition) is 6. The summed E-state index contributed by atoms with van der Waals surface area (Å²) in [6.45, 7) is 0. The average molecular weight is 244 g/mol. The van der Waals surface area contributed by atoms with Crippen LogP contribution in [0.5, 0.6) is 0 Å². The summed E-state index contributed by atoms with van der Waals surface area (Å²) >= 11 is 2.86. The van der Waals surface area contributed by atoms with Gasteiger partial charge in [0.25, 0.3) is 0 Å². The van der Waals surface area contributed by atoms with Gasteiger partial charge in [-0.2, -0.15) is 10.5 Å². The van der Waals surface area contributed by atoms with E-state index in [1.807, 2.05) is 12.1 Å². The van der Waals surface area contributed by atoms with Crippen LogP contribution in [-0.4, -0.2) is 10.2 Å². The van der Waals surface area contributed by atoms with Crippen molar-refractivity contribution >= 4 is 23.1 Å². The summed E-state index contributed by atoms with van der Waals surface area (Å²) in [5.74, 6) is 0. The van der Waals surface area contributed by atoms with Crippen LogP contribution >= 0.6 is 23.1 Å². The van der Waals surface area contributed by atoms with Crippen LogP contribution in [0.25, 0.3) is 0 Å². The van der Waals surface area contributed by atoms with Crippen LogP contribution in [0.3, 0.4) is 0 Å². The molecule has 16 heavy (non-hydrogen) atoms. The Kier molecular flexibility index (Phi) is 3.16. The molecule has 1 aromatic carbocycles. The second-order valence-corrected chi connectivity index (χ2v) is 4.89. The maximum atomic E-state index is 8.86. The van der Waals surface area contributed by atoms with Gasteiger partial charge in [-0.1, -0.05) is 23.1 Å². The van der Waals surface area contributed by atoms with Crippen LogP contribution in [0.4, 0.5) is 0 Å². The standard InChI is InChI=1S/C10H4N4S2/c11-4-7-1-2-9(3-8(7)5-12)16-10-14-13-6-15-10/h1-3,6H. The van der Waals surface area contributed by atoms with E-state index in [0.717, 1.165) is 9.24 Å². The summed E-state index contributed by atoms with van der Waals surface area (Å²) in [7, 11) is 0. The van der Waals surface area contributed by atoms with Gasteiger partial charge in [0, 0.05) is 4.90 Å².